The molecule has 3 aromatic heterocycles. The van der Waals surface area contributed by atoms with E-state index in [1.54, 1.807) is 18.2 Å². The first kappa shape index (κ1) is 20.4. The topological polar surface area (TPSA) is 73.5 Å². The zero-order valence-corrected chi connectivity index (χ0v) is 19.3. The predicted molar refractivity (Wildman–Crippen MR) is 136 cm³/mol. The second-order valence-electron chi connectivity index (χ2n) is 7.67. The molecule has 0 atom stereocenters. The lowest BCUT2D eigenvalue weighted by Gasteiger charge is -2.06. The number of benzene rings is 3. The van der Waals surface area contributed by atoms with Crippen molar-refractivity contribution in [2.75, 3.05) is 0 Å². The highest BCUT2D eigenvalue weighted by Crippen LogP contribution is 2.29. The van der Waals surface area contributed by atoms with E-state index in [0.29, 0.717) is 39.6 Å². The van der Waals surface area contributed by atoms with E-state index < -0.39 is 0 Å². The van der Waals surface area contributed by atoms with Crippen LogP contribution in [-0.4, -0.2) is 15.9 Å². The molecule has 0 N–H and O–H groups in total. The van der Waals surface area contributed by atoms with E-state index in [2.05, 4.69) is 21.0 Å². The molecule has 0 bridgehead atoms. The van der Waals surface area contributed by atoms with Gasteiger partial charge in [0.25, 0.3) is 5.56 Å². The molecule has 3 aromatic carbocycles. The summed E-state index contributed by atoms with van der Waals surface area (Å²) < 4.78 is 14.1. The third kappa shape index (κ3) is 3.66. The van der Waals surface area contributed by atoms with Crippen LogP contribution in [-0.2, 0) is 0 Å². The van der Waals surface area contributed by atoms with Crippen molar-refractivity contribution < 1.29 is 8.83 Å². The summed E-state index contributed by atoms with van der Waals surface area (Å²) in [6.45, 7) is 0. The van der Waals surface area contributed by atoms with Crippen molar-refractivity contribution in [2.24, 2.45) is 5.10 Å². The Morgan fingerprint density at radius 2 is 1.68 bits per heavy atom. The molecule has 0 aliphatic heterocycles. The average molecular weight is 510 g/mol. The number of nitrogens with zero attached hydrogens (tertiary/aromatic N) is 3. The Morgan fingerprint density at radius 3 is 2.56 bits per heavy atom. The van der Waals surface area contributed by atoms with Crippen LogP contribution < -0.4 is 5.56 Å². The number of halogens is 1. The standard InChI is InChI=1S/C27H16BrN3O3/c28-19-10-12-24-18(14-19)15-25(34-24)26-30-22-9-5-4-8-21(22)27(32)31(26)29-16-20-11-13-23(33-20)17-6-2-1-3-7-17/h1-16H. The number of para-hydroxylation sites is 1. The molecule has 0 saturated carbocycles. The fourth-order valence-electron chi connectivity index (χ4n) is 3.81. The van der Waals surface area contributed by atoms with Gasteiger partial charge >= 0.3 is 0 Å². The smallest absolute Gasteiger partial charge is 0.282 e. The number of rotatable bonds is 4. The highest BCUT2D eigenvalue weighted by Gasteiger charge is 2.16. The third-order valence-corrected chi connectivity index (χ3v) is 5.93. The van der Waals surface area contributed by atoms with Crippen LogP contribution in [0.15, 0.2) is 114 Å². The SMILES string of the molecule is O=c1c2ccccc2nc(-c2cc3cc(Br)ccc3o2)n1N=Cc1ccc(-c2ccccc2)o1. The number of hydrogen-bond acceptors (Lipinski definition) is 5. The van der Waals surface area contributed by atoms with Crippen LogP contribution in [0, 0.1) is 0 Å². The fourth-order valence-corrected chi connectivity index (χ4v) is 4.19. The molecule has 6 aromatic rings. The van der Waals surface area contributed by atoms with Gasteiger partial charge in [-0.05, 0) is 48.5 Å². The van der Waals surface area contributed by atoms with Gasteiger partial charge in [0.1, 0.15) is 17.1 Å². The first-order chi connectivity index (χ1) is 16.7. The molecule has 0 aliphatic rings. The zero-order valence-electron chi connectivity index (χ0n) is 17.7. The van der Waals surface area contributed by atoms with E-state index in [1.807, 2.05) is 72.8 Å². The van der Waals surface area contributed by atoms with E-state index in [-0.39, 0.29) is 5.56 Å². The van der Waals surface area contributed by atoms with Crippen LogP contribution in [0.4, 0.5) is 0 Å². The Labute approximate surface area is 201 Å². The van der Waals surface area contributed by atoms with Crippen LogP contribution in [0.25, 0.3) is 44.8 Å². The van der Waals surface area contributed by atoms with Gasteiger partial charge in [0.2, 0.25) is 5.82 Å². The van der Waals surface area contributed by atoms with Crippen molar-refractivity contribution in [1.29, 1.82) is 0 Å². The summed E-state index contributed by atoms with van der Waals surface area (Å²) in [4.78, 5) is 18.1. The Balaban J connectivity index is 1.49. The fraction of sp³-hybridized carbons (Fsp3) is 0. The van der Waals surface area contributed by atoms with E-state index in [4.69, 9.17) is 13.8 Å². The lowest BCUT2D eigenvalue weighted by atomic mass is 10.2. The monoisotopic (exact) mass is 509 g/mol. The van der Waals surface area contributed by atoms with E-state index in [1.165, 1.54) is 10.9 Å². The normalized spacial score (nSPS) is 11.7. The molecule has 0 saturated heterocycles. The number of furan rings is 2. The molecule has 0 unspecified atom stereocenters. The number of fused-ring (bicyclic) bond motifs is 2. The molecule has 34 heavy (non-hydrogen) atoms. The quantitative estimate of drug-likeness (QED) is 0.247. The lowest BCUT2D eigenvalue weighted by Crippen LogP contribution is -2.20. The highest BCUT2D eigenvalue weighted by molar-refractivity contribution is 9.10. The predicted octanol–water partition coefficient (Wildman–Crippen LogP) is 6.71. The maximum atomic E-state index is 13.4. The number of aromatic nitrogens is 2. The Morgan fingerprint density at radius 1 is 0.853 bits per heavy atom. The van der Waals surface area contributed by atoms with Crippen LogP contribution in [0.2, 0.25) is 0 Å². The highest BCUT2D eigenvalue weighted by atomic mass is 79.9. The molecular weight excluding hydrogens is 494 g/mol. The minimum absolute atomic E-state index is 0.298. The van der Waals surface area contributed by atoms with Crippen LogP contribution >= 0.6 is 15.9 Å². The zero-order chi connectivity index (χ0) is 23.1. The van der Waals surface area contributed by atoms with Gasteiger partial charge < -0.3 is 8.83 Å². The molecule has 6 rings (SSSR count). The number of hydrogen-bond donors (Lipinski definition) is 0. The maximum absolute atomic E-state index is 13.4. The lowest BCUT2D eigenvalue weighted by molar-refractivity contribution is 0.573. The third-order valence-electron chi connectivity index (χ3n) is 5.44. The van der Waals surface area contributed by atoms with Gasteiger partial charge in [0.05, 0.1) is 17.1 Å². The van der Waals surface area contributed by atoms with Gasteiger partial charge in [0.15, 0.2) is 5.76 Å². The van der Waals surface area contributed by atoms with Crippen molar-refractivity contribution in [3.63, 3.8) is 0 Å². The minimum atomic E-state index is -0.298. The van der Waals surface area contributed by atoms with E-state index in [9.17, 15) is 4.79 Å². The largest absolute Gasteiger partial charge is 0.455 e. The van der Waals surface area contributed by atoms with Gasteiger partial charge in [0, 0.05) is 15.4 Å². The molecule has 3 heterocycles. The summed E-state index contributed by atoms with van der Waals surface area (Å²) in [5.41, 5.74) is 1.92. The van der Waals surface area contributed by atoms with Gasteiger partial charge in [-0.3, -0.25) is 4.79 Å². The van der Waals surface area contributed by atoms with Gasteiger partial charge in [-0.2, -0.15) is 9.78 Å². The maximum Gasteiger partial charge on any atom is 0.282 e. The summed E-state index contributed by atoms with van der Waals surface area (Å²) in [5, 5.41) is 5.81. The molecule has 164 valence electrons. The Bertz CT molecular complexity index is 1750. The molecule has 0 radical (unpaired) electrons. The summed E-state index contributed by atoms with van der Waals surface area (Å²) in [7, 11) is 0. The van der Waals surface area contributed by atoms with Crippen molar-refractivity contribution in [3.8, 4) is 22.9 Å². The first-order valence-electron chi connectivity index (χ1n) is 10.6. The summed E-state index contributed by atoms with van der Waals surface area (Å²) in [6, 6.07) is 28.2. The van der Waals surface area contributed by atoms with E-state index >= 15 is 0 Å². The molecule has 0 aliphatic carbocycles. The molecule has 0 spiro atoms. The van der Waals surface area contributed by atoms with Crippen LogP contribution in [0.5, 0.6) is 0 Å². The van der Waals surface area contributed by atoms with Gasteiger partial charge in [-0.15, -0.1) is 0 Å². The average Bonchev–Trinajstić information content (AvgIpc) is 3.51. The van der Waals surface area contributed by atoms with Gasteiger partial charge in [-0.1, -0.05) is 58.4 Å². The second-order valence-corrected chi connectivity index (χ2v) is 8.59. The summed E-state index contributed by atoms with van der Waals surface area (Å²) >= 11 is 3.48. The molecule has 0 fully saturated rings. The second kappa shape index (κ2) is 8.28. The van der Waals surface area contributed by atoms with Crippen LogP contribution in [0.1, 0.15) is 5.76 Å². The van der Waals surface area contributed by atoms with E-state index in [0.717, 1.165) is 15.4 Å². The Kier molecular flexibility index (Phi) is 4.96. The molecule has 6 nitrogen and oxygen atoms in total. The van der Waals surface area contributed by atoms with Crippen LogP contribution in [0.3, 0.4) is 0 Å². The molecule has 0 amide bonds. The van der Waals surface area contributed by atoms with Crippen molar-refractivity contribution >= 4 is 44.0 Å². The minimum Gasteiger partial charge on any atom is -0.455 e. The Hall–Kier alpha value is -4.23. The summed E-state index contributed by atoms with van der Waals surface area (Å²) in [5.74, 6) is 1.98. The van der Waals surface area contributed by atoms with Crippen molar-refractivity contribution in [3.05, 3.63) is 112 Å². The first-order valence-corrected chi connectivity index (χ1v) is 11.4. The molecular formula is C27H16BrN3O3. The van der Waals surface area contributed by atoms with Crippen molar-refractivity contribution in [1.82, 2.24) is 9.66 Å². The van der Waals surface area contributed by atoms with Gasteiger partial charge in [-0.25, -0.2) is 4.98 Å². The van der Waals surface area contributed by atoms with Crippen molar-refractivity contribution in [2.45, 2.75) is 0 Å². The summed E-state index contributed by atoms with van der Waals surface area (Å²) in [6.07, 6.45) is 1.51. The molecule has 7 heteroatoms.